The van der Waals surface area contributed by atoms with Gasteiger partial charge in [0.1, 0.15) is 6.10 Å². The lowest BCUT2D eigenvalue weighted by atomic mass is 10.1. The molecule has 5 nitrogen and oxygen atoms in total. The van der Waals surface area contributed by atoms with Gasteiger partial charge in [0, 0.05) is 38.3 Å². The van der Waals surface area contributed by atoms with Crippen molar-refractivity contribution in [3.63, 3.8) is 0 Å². The zero-order chi connectivity index (χ0) is 16.1. The molecule has 1 aromatic carbocycles. The lowest BCUT2D eigenvalue weighted by Gasteiger charge is -2.37. The number of halogens is 2. The number of morpholine rings is 1. The van der Waals surface area contributed by atoms with Gasteiger partial charge < -0.3 is 19.7 Å². The van der Waals surface area contributed by atoms with Crippen LogP contribution < -0.4 is 5.32 Å². The molecule has 0 spiro atoms. The summed E-state index contributed by atoms with van der Waals surface area (Å²) in [5, 5.41) is 4.18. The molecule has 7 heteroatoms. The van der Waals surface area contributed by atoms with E-state index in [-0.39, 0.29) is 36.2 Å². The number of aliphatic imine (C=N–C) groups is 1. The summed E-state index contributed by atoms with van der Waals surface area (Å²) in [4.78, 5) is 6.67. The van der Waals surface area contributed by atoms with Crippen molar-refractivity contribution in [3.8, 4) is 0 Å². The highest BCUT2D eigenvalue weighted by atomic mass is 127. The Morgan fingerprint density at radius 3 is 2.67 bits per heavy atom. The third-order valence-corrected chi connectivity index (χ3v) is 4.60. The van der Waals surface area contributed by atoms with E-state index in [2.05, 4.69) is 15.2 Å². The van der Waals surface area contributed by atoms with Crippen LogP contribution in [-0.2, 0) is 16.0 Å². The summed E-state index contributed by atoms with van der Waals surface area (Å²) >= 11 is 5.92. The van der Waals surface area contributed by atoms with Gasteiger partial charge in [0.15, 0.2) is 5.96 Å². The highest BCUT2D eigenvalue weighted by Crippen LogP contribution is 2.21. The first-order valence-corrected chi connectivity index (χ1v) is 8.57. The fourth-order valence-electron chi connectivity index (χ4n) is 3.10. The van der Waals surface area contributed by atoms with Crippen molar-refractivity contribution in [3.05, 3.63) is 34.9 Å². The standard InChI is InChI=1S/C17H24ClN3O2.HI/c1-19-17(20-11-13-4-6-14(18)7-5-13)21-8-10-23-16(12-21)15-3-2-9-22-15;/h4-7,15-16H,2-3,8-12H2,1H3,(H,19,20);1H. The van der Waals surface area contributed by atoms with Crippen LogP contribution in [0, 0.1) is 0 Å². The summed E-state index contributed by atoms with van der Waals surface area (Å²) in [5.41, 5.74) is 1.18. The molecular weight excluding hydrogens is 441 g/mol. The molecule has 2 fully saturated rings. The van der Waals surface area contributed by atoms with Crippen molar-refractivity contribution >= 4 is 41.5 Å². The Morgan fingerprint density at radius 1 is 1.25 bits per heavy atom. The van der Waals surface area contributed by atoms with Crippen molar-refractivity contribution in [2.45, 2.75) is 31.6 Å². The first kappa shape index (κ1) is 19.8. The Labute approximate surface area is 165 Å². The number of hydrogen-bond donors (Lipinski definition) is 1. The number of guanidine groups is 1. The van der Waals surface area contributed by atoms with Gasteiger partial charge in [0.05, 0.1) is 12.7 Å². The number of nitrogens with one attached hydrogen (secondary N) is 1. The molecule has 2 heterocycles. The van der Waals surface area contributed by atoms with Gasteiger partial charge in [-0.1, -0.05) is 23.7 Å². The molecule has 24 heavy (non-hydrogen) atoms. The topological polar surface area (TPSA) is 46.1 Å². The zero-order valence-corrected chi connectivity index (χ0v) is 17.0. The van der Waals surface area contributed by atoms with E-state index in [0.717, 1.165) is 50.1 Å². The molecular formula is C17H25ClIN3O2. The second-order valence-electron chi connectivity index (χ2n) is 5.93. The highest BCUT2D eigenvalue weighted by molar-refractivity contribution is 14.0. The lowest BCUT2D eigenvalue weighted by Crippen LogP contribution is -2.53. The van der Waals surface area contributed by atoms with E-state index in [1.54, 1.807) is 0 Å². The van der Waals surface area contributed by atoms with E-state index in [1.807, 2.05) is 31.3 Å². The molecule has 1 aromatic rings. The monoisotopic (exact) mass is 465 g/mol. The fourth-order valence-corrected chi connectivity index (χ4v) is 3.23. The van der Waals surface area contributed by atoms with E-state index in [0.29, 0.717) is 6.61 Å². The van der Waals surface area contributed by atoms with Gasteiger partial charge in [-0.05, 0) is 30.5 Å². The van der Waals surface area contributed by atoms with Gasteiger partial charge in [0.25, 0.3) is 0 Å². The van der Waals surface area contributed by atoms with Crippen LogP contribution in [0.1, 0.15) is 18.4 Å². The van der Waals surface area contributed by atoms with Gasteiger partial charge in [-0.2, -0.15) is 0 Å². The second-order valence-corrected chi connectivity index (χ2v) is 6.37. The Kier molecular flexibility index (Phi) is 8.06. The van der Waals surface area contributed by atoms with E-state index in [9.17, 15) is 0 Å². The first-order chi connectivity index (χ1) is 11.3. The molecule has 0 amide bonds. The summed E-state index contributed by atoms with van der Waals surface area (Å²) in [5.74, 6) is 0.909. The van der Waals surface area contributed by atoms with Crippen molar-refractivity contribution in [1.29, 1.82) is 0 Å². The largest absolute Gasteiger partial charge is 0.375 e. The minimum Gasteiger partial charge on any atom is -0.375 e. The first-order valence-electron chi connectivity index (χ1n) is 8.19. The predicted molar refractivity (Wildman–Crippen MR) is 107 cm³/mol. The Morgan fingerprint density at radius 2 is 2.00 bits per heavy atom. The van der Waals surface area contributed by atoms with E-state index < -0.39 is 0 Å². The summed E-state index contributed by atoms with van der Waals surface area (Å²) in [7, 11) is 1.82. The van der Waals surface area contributed by atoms with Crippen LogP contribution in [0.2, 0.25) is 5.02 Å². The Balaban J connectivity index is 0.00000208. The zero-order valence-electron chi connectivity index (χ0n) is 13.9. The molecule has 0 aromatic heterocycles. The lowest BCUT2D eigenvalue weighted by molar-refractivity contribution is -0.0817. The molecule has 2 saturated heterocycles. The minimum atomic E-state index is 0. The second kappa shape index (κ2) is 9.79. The molecule has 2 aliphatic heterocycles. The smallest absolute Gasteiger partial charge is 0.194 e. The number of hydrogen-bond acceptors (Lipinski definition) is 3. The Bertz CT molecular complexity index is 535. The molecule has 2 atom stereocenters. The van der Waals surface area contributed by atoms with Gasteiger partial charge in [-0.3, -0.25) is 4.99 Å². The van der Waals surface area contributed by atoms with E-state index in [4.69, 9.17) is 21.1 Å². The third kappa shape index (κ3) is 5.21. The van der Waals surface area contributed by atoms with Gasteiger partial charge in [-0.25, -0.2) is 0 Å². The predicted octanol–water partition coefficient (Wildman–Crippen LogP) is 2.91. The van der Waals surface area contributed by atoms with Crippen LogP contribution in [-0.4, -0.2) is 56.4 Å². The van der Waals surface area contributed by atoms with Crippen LogP contribution in [0.25, 0.3) is 0 Å². The fraction of sp³-hybridized carbons (Fsp3) is 0.588. The maximum atomic E-state index is 5.92. The number of rotatable bonds is 3. The summed E-state index contributed by atoms with van der Waals surface area (Å²) in [6, 6.07) is 7.86. The molecule has 0 aliphatic carbocycles. The van der Waals surface area contributed by atoms with Crippen LogP contribution in [0.5, 0.6) is 0 Å². The average molecular weight is 466 g/mol. The molecule has 1 N–H and O–H groups in total. The molecule has 3 rings (SSSR count). The van der Waals surface area contributed by atoms with Crippen molar-refractivity contribution in [2.75, 3.05) is 33.4 Å². The van der Waals surface area contributed by atoms with Gasteiger partial charge >= 0.3 is 0 Å². The van der Waals surface area contributed by atoms with Gasteiger partial charge in [0.2, 0.25) is 0 Å². The van der Waals surface area contributed by atoms with Crippen molar-refractivity contribution < 1.29 is 9.47 Å². The van der Waals surface area contributed by atoms with E-state index >= 15 is 0 Å². The van der Waals surface area contributed by atoms with Crippen LogP contribution >= 0.6 is 35.6 Å². The SMILES string of the molecule is CN=C(NCc1ccc(Cl)cc1)N1CCOC(C2CCCO2)C1.I. The average Bonchev–Trinajstić information content (AvgIpc) is 3.12. The van der Waals surface area contributed by atoms with Gasteiger partial charge in [-0.15, -0.1) is 24.0 Å². The maximum Gasteiger partial charge on any atom is 0.194 e. The molecule has 0 radical (unpaired) electrons. The summed E-state index contributed by atoms with van der Waals surface area (Å²) in [6.45, 7) is 3.97. The molecule has 134 valence electrons. The molecule has 2 aliphatic rings. The Hall–Kier alpha value is -0.570. The number of ether oxygens (including phenoxy) is 2. The number of benzene rings is 1. The van der Waals surface area contributed by atoms with Crippen LogP contribution in [0.4, 0.5) is 0 Å². The molecule has 0 saturated carbocycles. The number of nitrogens with zero attached hydrogens (tertiary/aromatic N) is 2. The third-order valence-electron chi connectivity index (χ3n) is 4.35. The van der Waals surface area contributed by atoms with Crippen LogP contribution in [0.3, 0.4) is 0 Å². The van der Waals surface area contributed by atoms with Crippen molar-refractivity contribution in [2.24, 2.45) is 4.99 Å². The maximum absolute atomic E-state index is 5.92. The highest BCUT2D eigenvalue weighted by Gasteiger charge is 2.32. The quantitative estimate of drug-likeness (QED) is 0.424. The van der Waals surface area contributed by atoms with Crippen LogP contribution in [0.15, 0.2) is 29.3 Å². The normalized spacial score (nSPS) is 24.6. The molecule has 0 bridgehead atoms. The summed E-state index contributed by atoms with van der Waals surface area (Å²) < 4.78 is 11.7. The molecule has 2 unspecified atom stereocenters. The van der Waals surface area contributed by atoms with Crippen molar-refractivity contribution in [1.82, 2.24) is 10.2 Å². The minimum absolute atomic E-state index is 0. The van der Waals surface area contributed by atoms with E-state index in [1.165, 1.54) is 5.56 Å². The summed E-state index contributed by atoms with van der Waals surface area (Å²) in [6.07, 6.45) is 2.59.